The van der Waals surface area contributed by atoms with Crippen molar-refractivity contribution >= 4 is 5.96 Å². The van der Waals surface area contributed by atoms with Crippen molar-refractivity contribution in [3.63, 3.8) is 0 Å². The minimum absolute atomic E-state index is 0.108. The van der Waals surface area contributed by atoms with E-state index in [4.69, 9.17) is 9.47 Å². The predicted molar refractivity (Wildman–Crippen MR) is 115 cm³/mol. The molecule has 0 aliphatic heterocycles. The van der Waals surface area contributed by atoms with E-state index in [0.717, 1.165) is 11.1 Å². The van der Waals surface area contributed by atoms with Crippen LogP contribution in [0.3, 0.4) is 0 Å². The van der Waals surface area contributed by atoms with Gasteiger partial charge >= 0.3 is 0 Å². The monoisotopic (exact) mass is 402 g/mol. The summed E-state index contributed by atoms with van der Waals surface area (Å²) in [7, 11) is 9.06. The molecule has 7 heteroatoms. The fourth-order valence-electron chi connectivity index (χ4n) is 3.09. The maximum atomic E-state index is 13.3. The van der Waals surface area contributed by atoms with Crippen LogP contribution in [0.2, 0.25) is 0 Å². The Morgan fingerprint density at radius 1 is 1.07 bits per heavy atom. The van der Waals surface area contributed by atoms with Crippen LogP contribution in [0.15, 0.2) is 47.5 Å². The number of hydrogen-bond acceptors (Lipinski definition) is 4. The number of halogens is 1. The molecule has 0 amide bonds. The zero-order chi connectivity index (χ0) is 21.2. The number of rotatable bonds is 9. The molecule has 2 N–H and O–H groups in total. The Morgan fingerprint density at radius 3 is 2.45 bits per heavy atom. The first-order valence-corrected chi connectivity index (χ1v) is 9.55. The van der Waals surface area contributed by atoms with Crippen molar-refractivity contribution in [1.82, 2.24) is 15.5 Å². The van der Waals surface area contributed by atoms with E-state index < -0.39 is 0 Å². The molecule has 2 aromatic rings. The number of benzene rings is 2. The molecule has 0 fully saturated rings. The lowest BCUT2D eigenvalue weighted by Crippen LogP contribution is -2.42. The van der Waals surface area contributed by atoms with Gasteiger partial charge in [-0.05, 0) is 55.9 Å². The highest BCUT2D eigenvalue weighted by atomic mass is 19.1. The minimum atomic E-state index is -0.214. The summed E-state index contributed by atoms with van der Waals surface area (Å²) in [5.41, 5.74) is 2.06. The van der Waals surface area contributed by atoms with Crippen molar-refractivity contribution in [2.45, 2.75) is 12.5 Å². The third-order valence-electron chi connectivity index (χ3n) is 4.70. The van der Waals surface area contributed by atoms with Gasteiger partial charge in [0.05, 0.1) is 20.3 Å². The van der Waals surface area contributed by atoms with E-state index >= 15 is 0 Å². The summed E-state index contributed by atoms with van der Waals surface area (Å²) < 4.78 is 24.0. The molecule has 0 heterocycles. The quantitative estimate of drug-likeness (QED) is 0.499. The first-order valence-electron chi connectivity index (χ1n) is 9.55. The average Bonchev–Trinajstić information content (AvgIpc) is 2.72. The standard InChI is InChI=1S/C22H31FN4O2/c1-24-22(25-12-11-16-7-6-8-18(23)13-16)26-15-19(27(2)3)17-9-10-20(28-4)21(14-17)29-5/h6-10,13-14,19H,11-12,15H2,1-5H3,(H2,24,25,26). The summed E-state index contributed by atoms with van der Waals surface area (Å²) in [5, 5.41) is 6.64. The predicted octanol–water partition coefficient (Wildman–Crippen LogP) is 2.85. The van der Waals surface area contributed by atoms with Gasteiger partial charge < -0.3 is 25.0 Å². The summed E-state index contributed by atoms with van der Waals surface area (Å²) in [4.78, 5) is 6.41. The molecule has 0 aliphatic carbocycles. The maximum absolute atomic E-state index is 13.3. The molecule has 0 aliphatic rings. The van der Waals surface area contributed by atoms with Gasteiger partial charge in [-0.25, -0.2) is 4.39 Å². The number of ether oxygens (including phenoxy) is 2. The van der Waals surface area contributed by atoms with Gasteiger partial charge in [-0.15, -0.1) is 0 Å². The molecule has 1 atom stereocenters. The maximum Gasteiger partial charge on any atom is 0.191 e. The summed E-state index contributed by atoms with van der Waals surface area (Å²) >= 11 is 0. The average molecular weight is 403 g/mol. The number of nitrogens with one attached hydrogen (secondary N) is 2. The Kier molecular flexibility index (Phi) is 8.73. The lowest BCUT2D eigenvalue weighted by Gasteiger charge is -2.26. The van der Waals surface area contributed by atoms with E-state index in [9.17, 15) is 4.39 Å². The van der Waals surface area contributed by atoms with Gasteiger partial charge in [-0.2, -0.15) is 0 Å². The first kappa shape index (κ1) is 22.5. The van der Waals surface area contributed by atoms with Gasteiger partial charge in [0.2, 0.25) is 0 Å². The van der Waals surface area contributed by atoms with Gasteiger partial charge in [0.25, 0.3) is 0 Å². The Hall–Kier alpha value is -2.80. The third kappa shape index (κ3) is 6.64. The summed E-state index contributed by atoms with van der Waals surface area (Å²) in [6.45, 7) is 1.31. The van der Waals surface area contributed by atoms with Gasteiger partial charge in [0.15, 0.2) is 17.5 Å². The van der Waals surface area contributed by atoms with Gasteiger partial charge in [0.1, 0.15) is 5.82 Å². The molecular formula is C22H31FN4O2. The van der Waals surface area contributed by atoms with Crippen LogP contribution in [0.25, 0.3) is 0 Å². The van der Waals surface area contributed by atoms with Gasteiger partial charge in [-0.1, -0.05) is 18.2 Å². The van der Waals surface area contributed by atoms with Crippen LogP contribution in [0.4, 0.5) is 4.39 Å². The van der Waals surface area contributed by atoms with E-state index in [-0.39, 0.29) is 11.9 Å². The second-order valence-corrected chi connectivity index (χ2v) is 6.85. The zero-order valence-corrected chi connectivity index (χ0v) is 17.8. The SMILES string of the molecule is CN=C(NCCc1cccc(F)c1)NCC(c1ccc(OC)c(OC)c1)N(C)C. The van der Waals surface area contributed by atoms with Crippen LogP contribution in [0.5, 0.6) is 11.5 Å². The summed E-state index contributed by atoms with van der Waals surface area (Å²) in [6.07, 6.45) is 0.714. The zero-order valence-electron chi connectivity index (χ0n) is 17.8. The number of methoxy groups -OCH3 is 2. The number of likely N-dealkylation sites (N-methyl/N-ethyl adjacent to an activating group) is 1. The van der Waals surface area contributed by atoms with Crippen molar-refractivity contribution in [3.05, 3.63) is 59.4 Å². The molecule has 158 valence electrons. The number of guanidine groups is 1. The number of aliphatic imine (C=N–C) groups is 1. The number of hydrogen-bond donors (Lipinski definition) is 2. The smallest absolute Gasteiger partial charge is 0.191 e. The fourth-order valence-corrected chi connectivity index (χ4v) is 3.09. The van der Waals surface area contributed by atoms with E-state index in [2.05, 4.69) is 20.5 Å². The van der Waals surface area contributed by atoms with E-state index in [1.54, 1.807) is 33.4 Å². The summed E-state index contributed by atoms with van der Waals surface area (Å²) in [6, 6.07) is 12.7. The second kappa shape index (κ2) is 11.3. The van der Waals surface area contributed by atoms with Crippen LogP contribution in [0, 0.1) is 5.82 Å². The lowest BCUT2D eigenvalue weighted by atomic mass is 10.1. The highest BCUT2D eigenvalue weighted by molar-refractivity contribution is 5.79. The normalized spacial score (nSPS) is 12.6. The van der Waals surface area contributed by atoms with E-state index in [1.165, 1.54) is 6.07 Å². The molecule has 0 saturated heterocycles. The molecule has 1 unspecified atom stereocenters. The van der Waals surface area contributed by atoms with Crippen LogP contribution < -0.4 is 20.1 Å². The fraction of sp³-hybridized carbons (Fsp3) is 0.409. The van der Waals surface area contributed by atoms with Crippen molar-refractivity contribution in [1.29, 1.82) is 0 Å². The number of nitrogens with zero attached hydrogens (tertiary/aromatic N) is 2. The largest absolute Gasteiger partial charge is 0.493 e. The molecule has 0 radical (unpaired) electrons. The Labute approximate surface area is 172 Å². The van der Waals surface area contributed by atoms with E-state index in [1.807, 2.05) is 38.4 Å². The molecule has 0 saturated carbocycles. The van der Waals surface area contributed by atoms with Crippen LogP contribution >= 0.6 is 0 Å². The molecule has 0 bridgehead atoms. The molecule has 29 heavy (non-hydrogen) atoms. The highest BCUT2D eigenvalue weighted by Gasteiger charge is 2.17. The van der Waals surface area contributed by atoms with Crippen molar-refractivity contribution in [2.24, 2.45) is 4.99 Å². The lowest BCUT2D eigenvalue weighted by molar-refractivity contribution is 0.295. The van der Waals surface area contributed by atoms with Crippen LogP contribution in [-0.2, 0) is 6.42 Å². The van der Waals surface area contributed by atoms with Crippen molar-refractivity contribution in [2.75, 3.05) is 48.5 Å². The Morgan fingerprint density at radius 2 is 1.83 bits per heavy atom. The molecule has 2 aromatic carbocycles. The molecular weight excluding hydrogens is 371 g/mol. The summed E-state index contributed by atoms with van der Waals surface area (Å²) in [5.74, 6) is 1.90. The molecule has 6 nitrogen and oxygen atoms in total. The highest BCUT2D eigenvalue weighted by Crippen LogP contribution is 2.31. The van der Waals surface area contributed by atoms with Crippen molar-refractivity contribution in [3.8, 4) is 11.5 Å². The topological polar surface area (TPSA) is 58.1 Å². The third-order valence-corrected chi connectivity index (χ3v) is 4.70. The minimum Gasteiger partial charge on any atom is -0.493 e. The first-order chi connectivity index (χ1) is 14.0. The Balaban J connectivity index is 1.96. The molecule has 2 rings (SSSR count). The van der Waals surface area contributed by atoms with E-state index in [0.29, 0.717) is 37.0 Å². The molecule has 0 aromatic heterocycles. The Bertz CT molecular complexity index is 811. The van der Waals surface area contributed by atoms with Gasteiger partial charge in [0, 0.05) is 20.1 Å². The van der Waals surface area contributed by atoms with Crippen molar-refractivity contribution < 1.29 is 13.9 Å². The molecule has 0 spiro atoms. The van der Waals surface area contributed by atoms with Crippen LogP contribution in [0.1, 0.15) is 17.2 Å². The van der Waals surface area contributed by atoms with Crippen LogP contribution in [-0.4, -0.2) is 59.3 Å². The van der Waals surface area contributed by atoms with Gasteiger partial charge in [-0.3, -0.25) is 4.99 Å². The second-order valence-electron chi connectivity index (χ2n) is 6.85.